The molecule has 0 aliphatic rings. The third kappa shape index (κ3) is 3.47. The van der Waals surface area contributed by atoms with Crippen LogP contribution in [0.1, 0.15) is 23.1 Å². The Bertz CT molecular complexity index is 606. The third-order valence-electron chi connectivity index (χ3n) is 3.19. The van der Waals surface area contributed by atoms with E-state index in [0.29, 0.717) is 16.6 Å². The average Bonchev–Trinajstić information content (AvgIpc) is 2.39. The lowest BCUT2D eigenvalue weighted by Crippen LogP contribution is -2.20. The highest BCUT2D eigenvalue weighted by Gasteiger charge is 2.23. The van der Waals surface area contributed by atoms with E-state index in [1.165, 1.54) is 12.1 Å². The standard InChI is InChI=1S/C15H14Br2FNO/c16-10-3-1-2-9(6-10)13(8-19)15(20)12-5-4-11(18)7-14(12)17/h1-7,13,15,20H,8,19H2. The molecule has 5 heteroatoms. The molecule has 0 saturated heterocycles. The van der Waals surface area contributed by atoms with Crippen LogP contribution in [0.3, 0.4) is 0 Å². The van der Waals surface area contributed by atoms with Crippen molar-refractivity contribution >= 4 is 31.9 Å². The lowest BCUT2D eigenvalue weighted by Gasteiger charge is -2.23. The summed E-state index contributed by atoms with van der Waals surface area (Å²) in [6, 6.07) is 11.9. The van der Waals surface area contributed by atoms with E-state index in [-0.39, 0.29) is 11.7 Å². The molecule has 0 fully saturated rings. The van der Waals surface area contributed by atoms with Gasteiger partial charge in [0.1, 0.15) is 5.82 Å². The second-order valence-corrected chi connectivity index (χ2v) is 6.28. The molecule has 0 saturated carbocycles. The summed E-state index contributed by atoms with van der Waals surface area (Å²) >= 11 is 6.69. The van der Waals surface area contributed by atoms with Crippen LogP contribution >= 0.6 is 31.9 Å². The predicted molar refractivity (Wildman–Crippen MR) is 85.0 cm³/mol. The molecule has 0 aromatic heterocycles. The largest absolute Gasteiger partial charge is 0.388 e. The first-order chi connectivity index (χ1) is 9.52. The second-order valence-electron chi connectivity index (χ2n) is 4.51. The molecule has 2 unspecified atom stereocenters. The van der Waals surface area contributed by atoms with Gasteiger partial charge in [-0.3, -0.25) is 0 Å². The molecular formula is C15H14Br2FNO. The van der Waals surface area contributed by atoms with E-state index < -0.39 is 6.10 Å². The molecule has 2 atom stereocenters. The van der Waals surface area contributed by atoms with Gasteiger partial charge in [0.15, 0.2) is 0 Å². The topological polar surface area (TPSA) is 46.2 Å². The van der Waals surface area contributed by atoms with Crippen molar-refractivity contribution in [1.82, 2.24) is 0 Å². The Balaban J connectivity index is 2.36. The van der Waals surface area contributed by atoms with Gasteiger partial charge in [0.2, 0.25) is 0 Å². The molecule has 0 aliphatic heterocycles. The van der Waals surface area contributed by atoms with Crippen LogP contribution in [0.5, 0.6) is 0 Å². The summed E-state index contributed by atoms with van der Waals surface area (Å²) in [7, 11) is 0. The first kappa shape index (κ1) is 15.6. The van der Waals surface area contributed by atoms with E-state index in [1.54, 1.807) is 6.07 Å². The third-order valence-corrected chi connectivity index (χ3v) is 4.37. The summed E-state index contributed by atoms with van der Waals surface area (Å²) in [4.78, 5) is 0. The van der Waals surface area contributed by atoms with Gasteiger partial charge < -0.3 is 10.8 Å². The second kappa shape index (κ2) is 6.80. The van der Waals surface area contributed by atoms with E-state index in [9.17, 15) is 9.50 Å². The lowest BCUT2D eigenvalue weighted by molar-refractivity contribution is 0.146. The van der Waals surface area contributed by atoms with Crippen molar-refractivity contribution in [2.75, 3.05) is 6.54 Å². The normalized spacial score (nSPS) is 14.1. The quantitative estimate of drug-likeness (QED) is 0.807. The number of rotatable bonds is 4. The van der Waals surface area contributed by atoms with Crippen molar-refractivity contribution in [2.45, 2.75) is 12.0 Å². The fraction of sp³-hybridized carbons (Fsp3) is 0.200. The molecule has 2 aromatic carbocycles. The van der Waals surface area contributed by atoms with E-state index in [2.05, 4.69) is 31.9 Å². The highest BCUT2D eigenvalue weighted by Crippen LogP contribution is 2.35. The summed E-state index contributed by atoms with van der Waals surface area (Å²) in [5, 5.41) is 10.5. The first-order valence-corrected chi connectivity index (χ1v) is 7.70. The molecule has 3 N–H and O–H groups in total. The Kier molecular flexibility index (Phi) is 5.32. The Morgan fingerprint density at radius 3 is 2.50 bits per heavy atom. The molecule has 0 aliphatic carbocycles. The van der Waals surface area contributed by atoms with Crippen molar-refractivity contribution in [3.63, 3.8) is 0 Å². The summed E-state index contributed by atoms with van der Waals surface area (Å²) in [6.07, 6.45) is -0.802. The van der Waals surface area contributed by atoms with E-state index in [0.717, 1.165) is 10.0 Å². The van der Waals surface area contributed by atoms with Crippen LogP contribution in [0, 0.1) is 5.82 Å². The van der Waals surface area contributed by atoms with Gasteiger partial charge in [0.05, 0.1) is 6.10 Å². The minimum atomic E-state index is -0.802. The maximum absolute atomic E-state index is 13.1. The van der Waals surface area contributed by atoms with Gasteiger partial charge in [-0.2, -0.15) is 0 Å². The van der Waals surface area contributed by atoms with Crippen LogP contribution in [0.25, 0.3) is 0 Å². The van der Waals surface area contributed by atoms with Gasteiger partial charge in [-0.1, -0.05) is 50.1 Å². The zero-order valence-electron chi connectivity index (χ0n) is 10.6. The Morgan fingerprint density at radius 2 is 1.90 bits per heavy atom. The molecule has 106 valence electrons. The first-order valence-electron chi connectivity index (χ1n) is 6.11. The lowest BCUT2D eigenvalue weighted by atomic mass is 9.89. The predicted octanol–water partition coefficient (Wildman–Crippen LogP) is 4.13. The summed E-state index contributed by atoms with van der Waals surface area (Å²) in [5.41, 5.74) is 7.37. The summed E-state index contributed by atoms with van der Waals surface area (Å²) in [6.45, 7) is 0.293. The van der Waals surface area contributed by atoms with Crippen LogP contribution in [-0.4, -0.2) is 11.7 Å². The molecule has 2 nitrogen and oxygen atoms in total. The smallest absolute Gasteiger partial charge is 0.124 e. The van der Waals surface area contributed by atoms with Crippen LogP contribution < -0.4 is 5.73 Å². The highest BCUT2D eigenvalue weighted by molar-refractivity contribution is 9.10. The fourth-order valence-corrected chi connectivity index (χ4v) is 3.14. The monoisotopic (exact) mass is 401 g/mol. The molecule has 0 bridgehead atoms. The fourth-order valence-electron chi connectivity index (χ4n) is 2.14. The van der Waals surface area contributed by atoms with Crippen molar-refractivity contribution in [3.05, 3.63) is 68.4 Å². The summed E-state index contributed by atoms with van der Waals surface area (Å²) in [5.74, 6) is -0.603. The maximum Gasteiger partial charge on any atom is 0.124 e. The Hall–Kier alpha value is -0.750. The van der Waals surface area contributed by atoms with Gasteiger partial charge in [0, 0.05) is 21.4 Å². The molecule has 0 amide bonds. The van der Waals surface area contributed by atoms with Gasteiger partial charge in [0.25, 0.3) is 0 Å². The minimum absolute atomic E-state index is 0.255. The number of hydrogen-bond acceptors (Lipinski definition) is 2. The van der Waals surface area contributed by atoms with Crippen molar-refractivity contribution in [2.24, 2.45) is 5.73 Å². The summed E-state index contributed by atoms with van der Waals surface area (Å²) < 4.78 is 14.6. The van der Waals surface area contributed by atoms with Gasteiger partial charge in [-0.15, -0.1) is 0 Å². The zero-order chi connectivity index (χ0) is 14.7. The molecule has 0 heterocycles. The molecule has 0 radical (unpaired) electrons. The van der Waals surface area contributed by atoms with Crippen LogP contribution in [0.15, 0.2) is 51.4 Å². The number of aliphatic hydroxyl groups is 1. The minimum Gasteiger partial charge on any atom is -0.388 e. The molecule has 2 rings (SSSR count). The zero-order valence-corrected chi connectivity index (χ0v) is 13.7. The Morgan fingerprint density at radius 1 is 1.15 bits per heavy atom. The van der Waals surface area contributed by atoms with Gasteiger partial charge in [-0.05, 0) is 35.4 Å². The maximum atomic E-state index is 13.1. The number of aliphatic hydroxyl groups excluding tert-OH is 1. The molecular weight excluding hydrogens is 389 g/mol. The van der Waals surface area contributed by atoms with E-state index >= 15 is 0 Å². The number of nitrogens with two attached hydrogens (primary N) is 1. The number of benzene rings is 2. The van der Waals surface area contributed by atoms with E-state index in [4.69, 9.17) is 5.73 Å². The Labute approximate surface area is 134 Å². The van der Waals surface area contributed by atoms with Crippen LogP contribution in [0.4, 0.5) is 4.39 Å². The van der Waals surface area contributed by atoms with Crippen molar-refractivity contribution in [1.29, 1.82) is 0 Å². The number of hydrogen-bond donors (Lipinski definition) is 2. The average molecular weight is 403 g/mol. The number of halogens is 3. The SMILES string of the molecule is NCC(c1cccc(Br)c1)C(O)c1ccc(F)cc1Br. The van der Waals surface area contributed by atoms with Crippen LogP contribution in [-0.2, 0) is 0 Å². The van der Waals surface area contributed by atoms with Gasteiger partial charge >= 0.3 is 0 Å². The van der Waals surface area contributed by atoms with Gasteiger partial charge in [-0.25, -0.2) is 4.39 Å². The van der Waals surface area contributed by atoms with Crippen molar-refractivity contribution in [3.8, 4) is 0 Å². The highest BCUT2D eigenvalue weighted by atomic mass is 79.9. The van der Waals surface area contributed by atoms with Crippen LogP contribution in [0.2, 0.25) is 0 Å². The van der Waals surface area contributed by atoms with E-state index in [1.807, 2.05) is 24.3 Å². The molecule has 2 aromatic rings. The molecule has 0 spiro atoms. The molecule has 20 heavy (non-hydrogen) atoms. The van der Waals surface area contributed by atoms with Crippen molar-refractivity contribution < 1.29 is 9.50 Å².